The van der Waals surface area contributed by atoms with E-state index in [1.165, 1.54) is 10.6 Å². The van der Waals surface area contributed by atoms with Gasteiger partial charge in [0, 0.05) is 44.5 Å². The van der Waals surface area contributed by atoms with Crippen LogP contribution in [0.3, 0.4) is 0 Å². The summed E-state index contributed by atoms with van der Waals surface area (Å²) >= 11 is 0. The Bertz CT molecular complexity index is 1570. The Morgan fingerprint density at radius 1 is 1.03 bits per heavy atom. The summed E-state index contributed by atoms with van der Waals surface area (Å²) in [7, 11) is 1.69. The number of piperazine rings is 1. The molecule has 1 aliphatic heterocycles. The number of nitrogens with zero attached hydrogens (tertiary/aromatic N) is 6. The molecule has 7 nitrogen and oxygen atoms in total. The van der Waals surface area contributed by atoms with Crippen molar-refractivity contribution >= 4 is 22.5 Å². The van der Waals surface area contributed by atoms with Crippen molar-refractivity contribution in [3.8, 4) is 0 Å². The van der Waals surface area contributed by atoms with Crippen LogP contribution in [0, 0.1) is 18.2 Å². The van der Waals surface area contributed by atoms with Crippen molar-refractivity contribution < 1.29 is 8.78 Å². The molecule has 1 aromatic carbocycles. The fraction of sp³-hybridized carbons (Fsp3) is 0.286. The van der Waals surface area contributed by atoms with Gasteiger partial charge in [-0.15, -0.1) is 4.98 Å². The van der Waals surface area contributed by atoms with Gasteiger partial charge in [0.15, 0.2) is 11.6 Å². The number of hydrogen-bond acceptors (Lipinski definition) is 5. The zero-order chi connectivity index (χ0) is 26.3. The third-order valence-electron chi connectivity index (χ3n) is 7.07. The van der Waals surface area contributed by atoms with Crippen LogP contribution in [-0.2, 0) is 7.05 Å². The topological polar surface area (TPSA) is 58.6 Å². The van der Waals surface area contributed by atoms with E-state index in [4.69, 9.17) is 6.57 Å². The fourth-order valence-electron chi connectivity index (χ4n) is 5.18. The van der Waals surface area contributed by atoms with Gasteiger partial charge in [0.1, 0.15) is 0 Å². The predicted octanol–water partition coefficient (Wildman–Crippen LogP) is 4.85. The van der Waals surface area contributed by atoms with E-state index in [1.54, 1.807) is 37.5 Å². The number of aromatic nitrogens is 3. The maximum atomic E-state index is 14.3. The summed E-state index contributed by atoms with van der Waals surface area (Å²) in [6.45, 7) is 12.6. The third-order valence-corrected chi connectivity index (χ3v) is 7.07. The maximum absolute atomic E-state index is 14.3. The van der Waals surface area contributed by atoms with Crippen LogP contribution in [0.4, 0.5) is 20.3 Å². The Morgan fingerprint density at radius 2 is 1.84 bits per heavy atom. The fourth-order valence-corrected chi connectivity index (χ4v) is 5.18. The highest BCUT2D eigenvalue weighted by Crippen LogP contribution is 2.36. The number of benzene rings is 1. The van der Waals surface area contributed by atoms with Crippen LogP contribution in [-0.4, -0.2) is 44.6 Å². The average Bonchev–Trinajstić information content (AvgIpc) is 2.90. The molecule has 188 valence electrons. The molecule has 0 spiro atoms. The molecule has 0 radical (unpaired) electrons. The SMILES string of the molecule is [C-]#[N+]c1ccc2c(n1)c(N1C[C@@H](C)N(C(c3ccc(F)c(F)c3)c3ccccn3)C[C@@H]1C)cc(=O)n2C. The molecule has 1 saturated heterocycles. The molecule has 0 saturated carbocycles. The van der Waals surface area contributed by atoms with Crippen molar-refractivity contribution in [2.24, 2.45) is 7.05 Å². The van der Waals surface area contributed by atoms with E-state index in [0.717, 1.165) is 11.8 Å². The minimum atomic E-state index is -0.897. The van der Waals surface area contributed by atoms with Crippen LogP contribution in [0.2, 0.25) is 0 Å². The standard InChI is InChI=1S/C28H26F2N6O/c1-17-16-36(28(22-7-5-6-12-32-22)19-8-9-20(29)21(30)13-19)18(2)15-35(17)24-14-26(37)34(4)23-10-11-25(31-3)33-27(23)24/h5-14,17-18,28H,15-16H2,1-2,4H3/t17-,18+,28?/m0/s1. The molecule has 3 atom stereocenters. The van der Waals surface area contributed by atoms with Gasteiger partial charge in [-0.2, -0.15) is 0 Å². The van der Waals surface area contributed by atoms with Gasteiger partial charge in [0.05, 0.1) is 22.9 Å². The Morgan fingerprint density at radius 3 is 2.54 bits per heavy atom. The molecule has 0 aliphatic carbocycles. The van der Waals surface area contributed by atoms with Gasteiger partial charge < -0.3 is 14.3 Å². The Kier molecular flexibility index (Phi) is 6.44. The molecule has 0 bridgehead atoms. The summed E-state index contributed by atoms with van der Waals surface area (Å²) in [5.41, 5.74) is 3.14. The summed E-state index contributed by atoms with van der Waals surface area (Å²) in [5, 5.41) is 0. The number of fused-ring (bicyclic) bond motifs is 1. The lowest BCUT2D eigenvalue weighted by Gasteiger charge is -2.48. The van der Waals surface area contributed by atoms with E-state index >= 15 is 0 Å². The molecule has 4 aromatic rings. The van der Waals surface area contributed by atoms with Crippen LogP contribution in [0.25, 0.3) is 15.9 Å². The molecule has 37 heavy (non-hydrogen) atoms. The number of rotatable bonds is 4. The largest absolute Gasteiger partial charge is 0.362 e. The number of halogens is 2. The highest BCUT2D eigenvalue weighted by molar-refractivity contribution is 5.89. The first kappa shape index (κ1) is 24.5. The predicted molar refractivity (Wildman–Crippen MR) is 139 cm³/mol. The number of hydrogen-bond donors (Lipinski definition) is 0. The molecule has 4 heterocycles. The van der Waals surface area contributed by atoms with Crippen LogP contribution in [0.1, 0.15) is 31.1 Å². The first-order valence-corrected chi connectivity index (χ1v) is 12.0. The molecular formula is C28H26F2N6O. The quantitative estimate of drug-likeness (QED) is 0.375. The average molecular weight is 501 g/mol. The minimum absolute atomic E-state index is 0.0422. The molecule has 1 aliphatic rings. The second-order valence-electron chi connectivity index (χ2n) is 9.45. The molecule has 1 unspecified atom stereocenters. The van der Waals surface area contributed by atoms with Gasteiger partial charge in [0.2, 0.25) is 5.52 Å². The van der Waals surface area contributed by atoms with Gasteiger partial charge in [-0.05, 0) is 55.8 Å². The first-order chi connectivity index (χ1) is 17.8. The van der Waals surface area contributed by atoms with E-state index in [0.29, 0.717) is 35.4 Å². The van der Waals surface area contributed by atoms with Crippen LogP contribution in [0.5, 0.6) is 0 Å². The molecule has 3 aromatic heterocycles. The van der Waals surface area contributed by atoms with Crippen molar-refractivity contribution in [3.05, 3.63) is 105 Å². The molecule has 0 N–H and O–H groups in total. The smallest absolute Gasteiger partial charge is 0.270 e. The molecule has 1 fully saturated rings. The lowest BCUT2D eigenvalue weighted by molar-refractivity contribution is 0.127. The summed E-state index contributed by atoms with van der Waals surface area (Å²) < 4.78 is 29.6. The van der Waals surface area contributed by atoms with Crippen molar-refractivity contribution in [3.63, 3.8) is 0 Å². The number of anilines is 1. The van der Waals surface area contributed by atoms with E-state index < -0.39 is 11.6 Å². The highest BCUT2D eigenvalue weighted by Gasteiger charge is 2.37. The number of aryl methyl sites for hydroxylation is 1. The lowest BCUT2D eigenvalue weighted by atomic mass is 9.96. The van der Waals surface area contributed by atoms with Crippen LogP contribution >= 0.6 is 0 Å². The molecule has 9 heteroatoms. The minimum Gasteiger partial charge on any atom is -0.362 e. The monoisotopic (exact) mass is 500 g/mol. The van der Waals surface area contributed by atoms with Crippen LogP contribution < -0.4 is 10.5 Å². The van der Waals surface area contributed by atoms with E-state index in [9.17, 15) is 13.6 Å². The highest BCUT2D eigenvalue weighted by atomic mass is 19.2. The second-order valence-corrected chi connectivity index (χ2v) is 9.45. The van der Waals surface area contributed by atoms with Gasteiger partial charge in [0.25, 0.3) is 11.4 Å². The Labute approximate surface area is 213 Å². The van der Waals surface area contributed by atoms with Gasteiger partial charge in [-0.1, -0.05) is 18.7 Å². The first-order valence-electron chi connectivity index (χ1n) is 12.0. The summed E-state index contributed by atoms with van der Waals surface area (Å²) in [6, 6.07) is 14.0. The number of pyridine rings is 3. The molecule has 5 rings (SSSR count). The van der Waals surface area contributed by atoms with Crippen molar-refractivity contribution in [2.45, 2.75) is 32.0 Å². The Balaban J connectivity index is 1.56. The zero-order valence-electron chi connectivity index (χ0n) is 20.8. The van der Waals surface area contributed by atoms with E-state index in [-0.39, 0.29) is 29.5 Å². The second kappa shape index (κ2) is 9.71. The molecular weight excluding hydrogens is 474 g/mol. The van der Waals surface area contributed by atoms with Gasteiger partial charge in [-0.25, -0.2) is 8.78 Å². The van der Waals surface area contributed by atoms with E-state index in [1.807, 2.05) is 18.2 Å². The van der Waals surface area contributed by atoms with Gasteiger partial charge in [-0.3, -0.25) is 14.7 Å². The van der Waals surface area contributed by atoms with E-state index in [2.05, 4.69) is 38.5 Å². The zero-order valence-corrected chi connectivity index (χ0v) is 20.8. The molecule has 0 amide bonds. The summed E-state index contributed by atoms with van der Waals surface area (Å²) in [6.07, 6.45) is 1.69. The maximum Gasteiger partial charge on any atom is 0.270 e. The normalized spacial score (nSPS) is 19.1. The summed E-state index contributed by atoms with van der Waals surface area (Å²) in [5.74, 6) is -1.52. The van der Waals surface area contributed by atoms with Crippen LogP contribution in [0.15, 0.2) is 65.6 Å². The summed E-state index contributed by atoms with van der Waals surface area (Å²) in [4.78, 5) is 29.7. The van der Waals surface area contributed by atoms with Crippen molar-refractivity contribution in [1.82, 2.24) is 19.4 Å². The van der Waals surface area contributed by atoms with Gasteiger partial charge >= 0.3 is 0 Å². The Hall–Kier alpha value is -4.16. The van der Waals surface area contributed by atoms with Crippen molar-refractivity contribution in [1.29, 1.82) is 0 Å². The third kappa shape index (κ3) is 4.45. The van der Waals surface area contributed by atoms with Crippen molar-refractivity contribution in [2.75, 3.05) is 18.0 Å². The lowest BCUT2D eigenvalue weighted by Crippen LogP contribution is -2.57.